The monoisotopic (exact) mass is 537 g/mol. The van der Waals surface area contributed by atoms with Crippen molar-refractivity contribution in [1.82, 2.24) is 4.90 Å². The van der Waals surface area contributed by atoms with Crippen molar-refractivity contribution in [2.45, 2.75) is 54.0 Å². The standard InChI is InChI=1S/C13H18N.C9H7S.C3H6.2ClH.Zr/c1-9-6-11-8-10(2)14(12(11)7-9)13(3,4)5;1-10-9-6-5-7-3-2-4-8(7)9;1-3-2;;;/h7-8,11H,1-5H3;2-3,5-6H,1H3;1-2H3;2*1H;/q2*-1;;;;+2/p-2. The van der Waals surface area contributed by atoms with Crippen molar-refractivity contribution < 1.29 is 49.0 Å². The molecule has 0 fully saturated rings. The summed E-state index contributed by atoms with van der Waals surface area (Å²) in [6, 6.07) is 0. The Balaban J connectivity index is 0.000000465. The van der Waals surface area contributed by atoms with Crippen LogP contribution in [0.15, 0.2) is 69.5 Å². The maximum absolute atomic E-state index is 3.45. The van der Waals surface area contributed by atoms with Gasteiger partial charge in [0.15, 0.2) is 0 Å². The van der Waals surface area contributed by atoms with Gasteiger partial charge in [-0.25, -0.2) is 5.57 Å². The Kier molecular flexibility index (Phi) is 12.5. The average molecular weight is 540 g/mol. The van der Waals surface area contributed by atoms with E-state index < -0.39 is 0 Å². The fourth-order valence-electron chi connectivity index (χ4n) is 3.59. The molecule has 0 amide bonds. The van der Waals surface area contributed by atoms with E-state index in [-0.39, 0.29) is 30.4 Å². The van der Waals surface area contributed by atoms with Crippen molar-refractivity contribution in [2.24, 2.45) is 5.92 Å². The summed E-state index contributed by atoms with van der Waals surface area (Å²) >= 11 is 3.33. The van der Waals surface area contributed by atoms with E-state index in [1.54, 1.807) is 36.0 Å². The second kappa shape index (κ2) is 12.6. The Hall–Kier alpha value is -0.337. The number of halogens is 2. The van der Waals surface area contributed by atoms with E-state index in [9.17, 15) is 0 Å². The maximum atomic E-state index is 3.45. The van der Waals surface area contributed by atoms with E-state index in [4.69, 9.17) is 0 Å². The summed E-state index contributed by atoms with van der Waals surface area (Å²) in [4.78, 5) is 3.75. The van der Waals surface area contributed by atoms with Gasteiger partial charge in [-0.1, -0.05) is 35.6 Å². The molecule has 0 bridgehead atoms. The third-order valence-corrected chi connectivity index (χ3v) is 5.20. The van der Waals surface area contributed by atoms with Gasteiger partial charge >= 0.3 is 41.3 Å². The van der Waals surface area contributed by atoms with Crippen LogP contribution in [0.5, 0.6) is 0 Å². The molecule has 1 aliphatic heterocycles. The zero-order valence-electron chi connectivity index (χ0n) is 19.2. The van der Waals surface area contributed by atoms with E-state index >= 15 is 0 Å². The molecular weight excluding hydrogens is 508 g/mol. The Morgan fingerprint density at radius 1 is 1.13 bits per heavy atom. The molecule has 1 heterocycles. The first-order valence-electron chi connectivity index (χ1n) is 9.63. The van der Waals surface area contributed by atoms with Crippen molar-refractivity contribution in [3.8, 4) is 0 Å². The Morgan fingerprint density at radius 3 is 2.27 bits per heavy atom. The number of allylic oxidation sites excluding steroid dienone is 11. The fourth-order valence-corrected chi connectivity index (χ4v) is 4.18. The number of hydrogen-bond donors (Lipinski definition) is 0. The predicted molar refractivity (Wildman–Crippen MR) is 121 cm³/mol. The first-order chi connectivity index (χ1) is 13.0. The smallest absolute Gasteiger partial charge is 1.00 e. The predicted octanol–water partition coefficient (Wildman–Crippen LogP) is 0.494. The van der Waals surface area contributed by atoms with Gasteiger partial charge in [0.2, 0.25) is 0 Å². The van der Waals surface area contributed by atoms with Crippen LogP contribution >= 0.6 is 11.8 Å². The normalized spacial score (nSPS) is 19.8. The van der Waals surface area contributed by atoms with Crippen LogP contribution in [0.3, 0.4) is 0 Å². The summed E-state index contributed by atoms with van der Waals surface area (Å²) in [5.41, 5.74) is 6.77. The van der Waals surface area contributed by atoms with Gasteiger partial charge in [0.25, 0.3) is 0 Å². The SMILES string of the molecule is CC1=[C-]C2C=C(C)N(C(C)(C)C)C2=C1.CSC1=CC=C2C=C[C-]=C21.C[C](C)=[Zr+2].[Cl-].[Cl-]. The number of rotatable bonds is 1. The quantitative estimate of drug-likeness (QED) is 0.447. The largest absolute Gasteiger partial charge is 1.00 e. The van der Waals surface area contributed by atoms with E-state index in [0.29, 0.717) is 5.92 Å². The Labute approximate surface area is 215 Å². The number of fused-ring (bicyclic) bond motifs is 2. The van der Waals surface area contributed by atoms with Gasteiger partial charge < -0.3 is 29.7 Å². The van der Waals surface area contributed by atoms with E-state index in [1.807, 2.05) is 6.08 Å². The third kappa shape index (κ3) is 7.66. The minimum absolute atomic E-state index is 0. The first kappa shape index (κ1) is 29.7. The summed E-state index contributed by atoms with van der Waals surface area (Å²) in [7, 11) is 0. The Morgan fingerprint density at radius 2 is 1.73 bits per heavy atom. The molecule has 4 rings (SSSR count). The summed E-state index contributed by atoms with van der Waals surface area (Å²) in [5, 5.41) is 0. The van der Waals surface area contributed by atoms with Crippen LogP contribution in [-0.2, 0) is 24.2 Å². The van der Waals surface area contributed by atoms with Gasteiger partial charge in [-0.05, 0) is 34.0 Å². The van der Waals surface area contributed by atoms with Crippen molar-refractivity contribution in [3.63, 3.8) is 0 Å². The maximum Gasteiger partial charge on any atom is -1.00 e. The van der Waals surface area contributed by atoms with Crippen molar-refractivity contribution in [1.29, 1.82) is 0 Å². The molecule has 1 nitrogen and oxygen atoms in total. The molecule has 5 heteroatoms. The molecule has 0 radical (unpaired) electrons. The molecule has 0 aromatic rings. The van der Waals surface area contributed by atoms with E-state index in [2.05, 4.69) is 102 Å². The van der Waals surface area contributed by atoms with Crippen molar-refractivity contribution in [2.75, 3.05) is 6.26 Å². The molecule has 4 aliphatic rings. The van der Waals surface area contributed by atoms with E-state index in [1.165, 1.54) is 36.2 Å². The Bertz CT molecular complexity index is 860. The first-order valence-corrected chi connectivity index (χ1v) is 12.1. The second-order valence-electron chi connectivity index (χ2n) is 8.40. The van der Waals surface area contributed by atoms with Crippen LogP contribution in [0.2, 0.25) is 0 Å². The molecule has 0 spiro atoms. The molecule has 0 aromatic carbocycles. The molecule has 0 N–H and O–H groups in total. The van der Waals surface area contributed by atoms with Crippen LogP contribution in [-0.4, -0.2) is 19.9 Å². The molecule has 0 saturated heterocycles. The molecule has 1 unspecified atom stereocenters. The van der Waals surface area contributed by atoms with Crippen LogP contribution in [0, 0.1) is 18.1 Å². The van der Waals surface area contributed by atoms with Gasteiger partial charge in [0.1, 0.15) is 0 Å². The van der Waals surface area contributed by atoms with Crippen molar-refractivity contribution >= 4 is 15.0 Å². The van der Waals surface area contributed by atoms with Gasteiger partial charge in [-0.15, -0.1) is 23.3 Å². The van der Waals surface area contributed by atoms with Crippen LogP contribution < -0.4 is 24.8 Å². The molecular formula is C25H31Cl2NSZr-2. The molecule has 162 valence electrons. The molecule has 1 atom stereocenters. The van der Waals surface area contributed by atoms with Gasteiger partial charge in [0.05, 0.1) is 0 Å². The van der Waals surface area contributed by atoms with Crippen LogP contribution in [0.25, 0.3) is 0 Å². The fraction of sp³-hybridized carbons (Fsp3) is 0.400. The zero-order valence-corrected chi connectivity index (χ0v) is 23.9. The summed E-state index contributed by atoms with van der Waals surface area (Å²) in [5.74, 6) is 0.411. The van der Waals surface area contributed by atoms with E-state index in [0.717, 1.165) is 0 Å². The number of thioether (sulfide) groups is 1. The van der Waals surface area contributed by atoms with Gasteiger partial charge in [-0.3, -0.25) is 6.08 Å². The summed E-state index contributed by atoms with van der Waals surface area (Å²) < 4.78 is 1.51. The molecule has 3 aliphatic carbocycles. The second-order valence-corrected chi connectivity index (χ2v) is 11.7. The summed E-state index contributed by atoms with van der Waals surface area (Å²) in [6.07, 6.45) is 21.6. The molecule has 0 aromatic heterocycles. The van der Waals surface area contributed by atoms with Gasteiger partial charge in [-0.2, -0.15) is 30.0 Å². The summed E-state index contributed by atoms with van der Waals surface area (Å²) in [6.45, 7) is 15.3. The van der Waals surface area contributed by atoms with Crippen LogP contribution in [0.4, 0.5) is 0 Å². The number of nitrogens with zero attached hydrogens (tertiary/aromatic N) is 1. The van der Waals surface area contributed by atoms with Gasteiger partial charge in [0, 0.05) is 11.2 Å². The average Bonchev–Trinajstić information content (AvgIpc) is 3.25. The number of hydrogen-bond acceptors (Lipinski definition) is 2. The third-order valence-electron chi connectivity index (χ3n) is 4.42. The van der Waals surface area contributed by atoms with Crippen molar-refractivity contribution in [3.05, 3.63) is 81.6 Å². The minimum atomic E-state index is 0. The topological polar surface area (TPSA) is 3.24 Å². The minimum Gasteiger partial charge on any atom is -1.00 e. The molecule has 0 saturated carbocycles. The zero-order chi connectivity index (χ0) is 21.1. The molecule has 30 heavy (non-hydrogen) atoms. The van der Waals surface area contributed by atoms with Crippen LogP contribution in [0.1, 0.15) is 48.5 Å².